The second-order valence-corrected chi connectivity index (χ2v) is 4.58. The van der Waals surface area contributed by atoms with Crippen LogP contribution < -0.4 is 10.6 Å². The highest BCUT2D eigenvalue weighted by Crippen LogP contribution is 2.18. The van der Waals surface area contributed by atoms with Crippen molar-refractivity contribution in [3.8, 4) is 0 Å². The van der Waals surface area contributed by atoms with Crippen LogP contribution in [0.3, 0.4) is 0 Å². The molecule has 2 heterocycles. The lowest BCUT2D eigenvalue weighted by Crippen LogP contribution is -2.42. The second-order valence-electron chi connectivity index (χ2n) is 4.58. The van der Waals surface area contributed by atoms with Crippen LogP contribution in [-0.4, -0.2) is 37.9 Å². The van der Waals surface area contributed by atoms with Crippen molar-refractivity contribution >= 4 is 0 Å². The Hall–Kier alpha value is -0.120. The van der Waals surface area contributed by atoms with Gasteiger partial charge in [0.2, 0.25) is 0 Å². The van der Waals surface area contributed by atoms with Crippen molar-refractivity contribution in [3.63, 3.8) is 0 Å². The van der Waals surface area contributed by atoms with E-state index < -0.39 is 0 Å². The Morgan fingerprint density at radius 1 is 1.21 bits per heavy atom. The van der Waals surface area contributed by atoms with E-state index in [4.69, 9.17) is 4.74 Å². The Bertz CT molecular complexity index is 164. The molecule has 3 nitrogen and oxygen atoms in total. The first kappa shape index (κ1) is 10.4. The summed E-state index contributed by atoms with van der Waals surface area (Å²) in [6, 6.07) is 0.718. The molecule has 2 fully saturated rings. The van der Waals surface area contributed by atoms with Gasteiger partial charge in [0.1, 0.15) is 0 Å². The first-order valence-electron chi connectivity index (χ1n) is 5.94. The Kier molecular flexibility index (Phi) is 3.79. The van der Waals surface area contributed by atoms with E-state index in [0.29, 0.717) is 12.2 Å². The van der Waals surface area contributed by atoms with Gasteiger partial charge >= 0.3 is 0 Å². The maximum absolute atomic E-state index is 5.77. The molecule has 0 amide bonds. The van der Waals surface area contributed by atoms with Crippen LogP contribution in [0.15, 0.2) is 0 Å². The van der Waals surface area contributed by atoms with E-state index in [1.807, 2.05) is 0 Å². The normalized spacial score (nSPS) is 34.9. The molecular weight excluding hydrogens is 176 g/mol. The molecule has 2 saturated heterocycles. The van der Waals surface area contributed by atoms with E-state index in [2.05, 4.69) is 17.6 Å². The molecule has 2 aliphatic rings. The van der Waals surface area contributed by atoms with Gasteiger partial charge in [0.25, 0.3) is 0 Å². The van der Waals surface area contributed by atoms with E-state index in [9.17, 15) is 0 Å². The predicted octanol–water partition coefficient (Wildman–Crippen LogP) is 0.895. The van der Waals surface area contributed by atoms with Crippen molar-refractivity contribution in [1.29, 1.82) is 0 Å². The molecule has 3 heteroatoms. The van der Waals surface area contributed by atoms with Crippen LogP contribution in [0.1, 0.15) is 32.6 Å². The molecule has 0 aromatic carbocycles. The average molecular weight is 198 g/mol. The van der Waals surface area contributed by atoms with E-state index in [0.717, 1.165) is 12.6 Å². The summed E-state index contributed by atoms with van der Waals surface area (Å²) in [5.74, 6) is 0. The summed E-state index contributed by atoms with van der Waals surface area (Å²) in [4.78, 5) is 0. The van der Waals surface area contributed by atoms with Gasteiger partial charge in [-0.3, -0.25) is 0 Å². The molecule has 0 saturated carbocycles. The standard InChI is InChI=1S/C11H22N2O/c1-9-2-3-11(14-9)8-13-10-4-6-12-7-5-10/h9-13H,2-8H2,1H3. The van der Waals surface area contributed by atoms with Gasteiger partial charge in [0.15, 0.2) is 0 Å². The fourth-order valence-corrected chi connectivity index (χ4v) is 2.36. The van der Waals surface area contributed by atoms with Crippen molar-refractivity contribution < 1.29 is 4.74 Å². The van der Waals surface area contributed by atoms with Crippen molar-refractivity contribution in [2.24, 2.45) is 0 Å². The van der Waals surface area contributed by atoms with Gasteiger partial charge in [-0.2, -0.15) is 0 Å². The molecule has 0 aromatic heterocycles. The fraction of sp³-hybridized carbons (Fsp3) is 1.00. The van der Waals surface area contributed by atoms with Crippen LogP contribution in [0.5, 0.6) is 0 Å². The summed E-state index contributed by atoms with van der Waals surface area (Å²) in [5, 5.41) is 7.00. The minimum absolute atomic E-state index is 0.472. The minimum atomic E-state index is 0.472. The van der Waals surface area contributed by atoms with Crippen LogP contribution in [-0.2, 0) is 4.74 Å². The summed E-state index contributed by atoms with van der Waals surface area (Å²) < 4.78 is 5.77. The van der Waals surface area contributed by atoms with Crippen molar-refractivity contribution in [2.45, 2.75) is 50.9 Å². The number of hydrogen-bond acceptors (Lipinski definition) is 3. The number of hydrogen-bond donors (Lipinski definition) is 2. The van der Waals surface area contributed by atoms with E-state index in [1.54, 1.807) is 0 Å². The van der Waals surface area contributed by atoms with Gasteiger partial charge in [0.05, 0.1) is 12.2 Å². The average Bonchev–Trinajstić information content (AvgIpc) is 2.63. The van der Waals surface area contributed by atoms with E-state index >= 15 is 0 Å². The third-order valence-electron chi connectivity index (χ3n) is 3.29. The van der Waals surface area contributed by atoms with Crippen LogP contribution in [0.25, 0.3) is 0 Å². The molecule has 2 unspecified atom stereocenters. The summed E-state index contributed by atoms with van der Waals surface area (Å²) in [6.45, 7) is 5.55. The SMILES string of the molecule is CC1CCC(CNC2CCNCC2)O1. The number of nitrogens with one attached hydrogen (secondary N) is 2. The van der Waals surface area contributed by atoms with Gasteiger partial charge in [-0.05, 0) is 45.7 Å². The molecule has 0 spiro atoms. The largest absolute Gasteiger partial charge is 0.374 e. The van der Waals surface area contributed by atoms with Crippen LogP contribution in [0, 0.1) is 0 Å². The lowest BCUT2D eigenvalue weighted by molar-refractivity contribution is 0.0536. The quantitative estimate of drug-likeness (QED) is 0.707. The van der Waals surface area contributed by atoms with Crippen LogP contribution in [0.4, 0.5) is 0 Å². The topological polar surface area (TPSA) is 33.3 Å². The molecule has 14 heavy (non-hydrogen) atoms. The lowest BCUT2D eigenvalue weighted by atomic mass is 10.1. The first-order chi connectivity index (χ1) is 6.84. The van der Waals surface area contributed by atoms with Crippen LogP contribution >= 0.6 is 0 Å². The molecule has 82 valence electrons. The van der Waals surface area contributed by atoms with Gasteiger partial charge in [-0.1, -0.05) is 0 Å². The zero-order valence-electron chi connectivity index (χ0n) is 9.09. The predicted molar refractivity (Wildman–Crippen MR) is 57.5 cm³/mol. The number of ether oxygens (including phenoxy) is 1. The Morgan fingerprint density at radius 3 is 2.64 bits per heavy atom. The molecule has 0 aromatic rings. The maximum Gasteiger partial charge on any atom is 0.0704 e. The maximum atomic E-state index is 5.77. The fourth-order valence-electron chi connectivity index (χ4n) is 2.36. The minimum Gasteiger partial charge on any atom is -0.374 e. The van der Waals surface area contributed by atoms with Gasteiger partial charge in [-0.15, -0.1) is 0 Å². The smallest absolute Gasteiger partial charge is 0.0704 e. The molecule has 0 radical (unpaired) electrons. The molecule has 0 aliphatic carbocycles. The zero-order valence-corrected chi connectivity index (χ0v) is 9.09. The molecule has 0 bridgehead atoms. The second kappa shape index (κ2) is 5.10. The summed E-state index contributed by atoms with van der Waals surface area (Å²) >= 11 is 0. The molecular formula is C11H22N2O. The third-order valence-corrected chi connectivity index (χ3v) is 3.29. The summed E-state index contributed by atoms with van der Waals surface area (Å²) in [6.07, 6.45) is 5.96. The number of piperidine rings is 1. The monoisotopic (exact) mass is 198 g/mol. The van der Waals surface area contributed by atoms with Crippen molar-refractivity contribution in [2.75, 3.05) is 19.6 Å². The molecule has 2 rings (SSSR count). The van der Waals surface area contributed by atoms with Crippen molar-refractivity contribution in [1.82, 2.24) is 10.6 Å². The summed E-state index contributed by atoms with van der Waals surface area (Å²) in [5.41, 5.74) is 0. The Balaban J connectivity index is 1.61. The highest BCUT2D eigenvalue weighted by atomic mass is 16.5. The molecule has 2 aliphatic heterocycles. The zero-order chi connectivity index (χ0) is 9.80. The molecule has 2 atom stereocenters. The van der Waals surface area contributed by atoms with Gasteiger partial charge in [0, 0.05) is 12.6 Å². The summed E-state index contributed by atoms with van der Waals surface area (Å²) in [7, 11) is 0. The highest BCUT2D eigenvalue weighted by molar-refractivity contribution is 4.78. The Labute approximate surface area is 86.6 Å². The Morgan fingerprint density at radius 2 is 2.00 bits per heavy atom. The molecule has 2 N–H and O–H groups in total. The lowest BCUT2D eigenvalue weighted by Gasteiger charge is -2.25. The van der Waals surface area contributed by atoms with Gasteiger partial charge < -0.3 is 15.4 Å². The van der Waals surface area contributed by atoms with Crippen molar-refractivity contribution in [3.05, 3.63) is 0 Å². The van der Waals surface area contributed by atoms with Crippen LogP contribution in [0.2, 0.25) is 0 Å². The highest BCUT2D eigenvalue weighted by Gasteiger charge is 2.22. The van der Waals surface area contributed by atoms with E-state index in [-0.39, 0.29) is 0 Å². The first-order valence-corrected chi connectivity index (χ1v) is 5.94. The number of rotatable bonds is 3. The van der Waals surface area contributed by atoms with Gasteiger partial charge in [-0.25, -0.2) is 0 Å². The van der Waals surface area contributed by atoms with E-state index in [1.165, 1.54) is 38.8 Å². The third kappa shape index (κ3) is 2.94.